The van der Waals surface area contributed by atoms with Crippen molar-refractivity contribution in [2.45, 2.75) is 20.0 Å². The van der Waals surface area contributed by atoms with Crippen molar-refractivity contribution < 1.29 is 4.74 Å². The summed E-state index contributed by atoms with van der Waals surface area (Å²) in [4.78, 5) is 24.5. The summed E-state index contributed by atoms with van der Waals surface area (Å²) in [6.45, 7) is 5.57. The van der Waals surface area contributed by atoms with E-state index in [0.717, 1.165) is 29.9 Å². The number of aromatic nitrogens is 4. The van der Waals surface area contributed by atoms with Gasteiger partial charge in [0, 0.05) is 47.0 Å². The van der Waals surface area contributed by atoms with Gasteiger partial charge in [-0.1, -0.05) is 23.7 Å². The van der Waals surface area contributed by atoms with Gasteiger partial charge in [0.15, 0.2) is 0 Å². The number of aryl methyl sites for hydroxylation is 2. The summed E-state index contributed by atoms with van der Waals surface area (Å²) in [7, 11) is 2.04. The van der Waals surface area contributed by atoms with Crippen LogP contribution in [0.25, 0.3) is 27.8 Å². The summed E-state index contributed by atoms with van der Waals surface area (Å²) >= 11 is 6.09. The topological polar surface area (TPSA) is 73.1 Å². The lowest BCUT2D eigenvalue weighted by atomic mass is 10.1. The summed E-state index contributed by atoms with van der Waals surface area (Å²) in [6, 6.07) is 12.8. The Labute approximate surface area is 190 Å². The van der Waals surface area contributed by atoms with Crippen LogP contribution in [0.2, 0.25) is 5.02 Å². The maximum absolute atomic E-state index is 13.4. The zero-order valence-corrected chi connectivity index (χ0v) is 18.8. The Morgan fingerprint density at radius 3 is 2.56 bits per heavy atom. The molecule has 5 rings (SSSR count). The second-order valence-corrected chi connectivity index (χ2v) is 8.61. The molecule has 0 radical (unpaired) electrons. The third kappa shape index (κ3) is 3.74. The van der Waals surface area contributed by atoms with Crippen LogP contribution in [-0.4, -0.2) is 50.9 Å². The molecule has 1 fully saturated rings. The molecular formula is C24H22ClN5O2. The number of hydrogen-bond donors (Lipinski definition) is 0. The van der Waals surface area contributed by atoms with Crippen LogP contribution in [0, 0.1) is 13.8 Å². The van der Waals surface area contributed by atoms with Crippen LogP contribution in [0.3, 0.4) is 0 Å². The number of likely N-dealkylation sites (tertiary alicyclic amines) is 1. The van der Waals surface area contributed by atoms with Gasteiger partial charge in [-0.05, 0) is 50.7 Å². The molecule has 1 aromatic carbocycles. The van der Waals surface area contributed by atoms with Crippen molar-refractivity contribution in [2.24, 2.45) is 0 Å². The minimum absolute atomic E-state index is 0.0981. The van der Waals surface area contributed by atoms with Gasteiger partial charge in [-0.3, -0.25) is 9.69 Å². The first kappa shape index (κ1) is 20.6. The van der Waals surface area contributed by atoms with E-state index in [-0.39, 0.29) is 11.7 Å². The average Bonchev–Trinajstić information content (AvgIpc) is 2.75. The maximum atomic E-state index is 13.4. The number of ether oxygens (including phenoxy) is 1. The van der Waals surface area contributed by atoms with Gasteiger partial charge in [-0.25, -0.2) is 9.97 Å². The normalized spacial score (nSPS) is 14.5. The Morgan fingerprint density at radius 2 is 1.84 bits per heavy atom. The van der Waals surface area contributed by atoms with Crippen LogP contribution in [0.4, 0.5) is 0 Å². The monoisotopic (exact) mass is 447 g/mol. The third-order valence-corrected chi connectivity index (χ3v) is 5.97. The number of halogens is 1. The fourth-order valence-electron chi connectivity index (χ4n) is 3.83. The fraction of sp³-hybridized carbons (Fsp3) is 0.250. The van der Waals surface area contributed by atoms with Crippen LogP contribution in [0.1, 0.15) is 11.3 Å². The highest BCUT2D eigenvalue weighted by molar-refractivity contribution is 6.30. The molecule has 7 nitrogen and oxygen atoms in total. The van der Waals surface area contributed by atoms with E-state index in [9.17, 15) is 4.79 Å². The average molecular weight is 448 g/mol. The van der Waals surface area contributed by atoms with E-state index in [0.29, 0.717) is 33.2 Å². The molecule has 1 saturated heterocycles. The van der Waals surface area contributed by atoms with Crippen molar-refractivity contribution in [3.05, 3.63) is 75.3 Å². The lowest BCUT2D eigenvalue weighted by Crippen LogP contribution is -2.51. The van der Waals surface area contributed by atoms with Gasteiger partial charge < -0.3 is 4.74 Å². The summed E-state index contributed by atoms with van der Waals surface area (Å²) < 4.78 is 7.32. The molecule has 3 aromatic heterocycles. The molecule has 32 heavy (non-hydrogen) atoms. The molecule has 0 atom stereocenters. The number of likely N-dealkylation sites (N-methyl/N-ethyl adjacent to an activating group) is 1. The van der Waals surface area contributed by atoms with Gasteiger partial charge in [-0.15, -0.1) is 0 Å². The highest BCUT2D eigenvalue weighted by atomic mass is 35.5. The van der Waals surface area contributed by atoms with Gasteiger partial charge >= 0.3 is 0 Å². The van der Waals surface area contributed by atoms with E-state index in [1.807, 2.05) is 51.2 Å². The molecule has 4 aromatic rings. The fourth-order valence-corrected chi connectivity index (χ4v) is 3.95. The molecule has 162 valence electrons. The zero-order chi connectivity index (χ0) is 22.4. The van der Waals surface area contributed by atoms with Crippen LogP contribution in [0.5, 0.6) is 5.88 Å². The number of fused-ring (bicyclic) bond motifs is 1. The molecule has 0 aliphatic carbocycles. The summed E-state index contributed by atoms with van der Waals surface area (Å²) in [5, 5.41) is 6.08. The molecule has 0 saturated carbocycles. The highest BCUT2D eigenvalue weighted by Crippen LogP contribution is 2.27. The number of hydrogen-bond acceptors (Lipinski definition) is 6. The van der Waals surface area contributed by atoms with Crippen LogP contribution < -0.4 is 10.3 Å². The van der Waals surface area contributed by atoms with E-state index >= 15 is 0 Å². The van der Waals surface area contributed by atoms with Crippen molar-refractivity contribution in [1.29, 1.82) is 0 Å². The lowest BCUT2D eigenvalue weighted by Gasteiger charge is -2.35. The Bertz CT molecular complexity index is 1380. The minimum Gasteiger partial charge on any atom is -0.472 e. The minimum atomic E-state index is -0.290. The SMILES string of the molecule is Cc1cc2c(-c3ccc(Cl)cc3)nn(-c3ccnc(OC4CN(C)C4)c3)c(=O)c2nc1C. The molecule has 0 N–H and O–H groups in total. The van der Waals surface area contributed by atoms with Crippen molar-refractivity contribution in [1.82, 2.24) is 24.6 Å². The molecule has 0 amide bonds. The Morgan fingerprint density at radius 1 is 1.09 bits per heavy atom. The predicted molar refractivity (Wildman–Crippen MR) is 125 cm³/mol. The number of rotatable bonds is 4. The molecule has 0 unspecified atom stereocenters. The third-order valence-electron chi connectivity index (χ3n) is 5.71. The van der Waals surface area contributed by atoms with Gasteiger partial charge in [0.25, 0.3) is 5.56 Å². The molecule has 4 heterocycles. The first-order valence-corrected chi connectivity index (χ1v) is 10.8. The first-order valence-electron chi connectivity index (χ1n) is 10.4. The maximum Gasteiger partial charge on any atom is 0.298 e. The first-order chi connectivity index (χ1) is 15.4. The number of pyridine rings is 2. The second kappa shape index (κ2) is 8.00. The Kier molecular flexibility index (Phi) is 5.15. The van der Waals surface area contributed by atoms with E-state index in [4.69, 9.17) is 21.4 Å². The zero-order valence-electron chi connectivity index (χ0n) is 18.0. The molecule has 1 aliphatic heterocycles. The van der Waals surface area contributed by atoms with Crippen LogP contribution >= 0.6 is 11.6 Å². The predicted octanol–water partition coefficient (Wildman–Crippen LogP) is 3.81. The van der Waals surface area contributed by atoms with E-state index in [1.165, 1.54) is 4.68 Å². The summed E-state index contributed by atoms with van der Waals surface area (Å²) in [5.41, 5.74) is 3.96. The molecule has 8 heteroatoms. The van der Waals surface area contributed by atoms with Gasteiger partial charge in [0.05, 0.1) is 5.69 Å². The van der Waals surface area contributed by atoms with Crippen LogP contribution in [-0.2, 0) is 0 Å². The van der Waals surface area contributed by atoms with E-state index < -0.39 is 0 Å². The van der Waals surface area contributed by atoms with Crippen molar-refractivity contribution in [2.75, 3.05) is 20.1 Å². The number of nitrogens with zero attached hydrogens (tertiary/aromatic N) is 5. The van der Waals surface area contributed by atoms with Crippen molar-refractivity contribution in [3.8, 4) is 22.8 Å². The van der Waals surface area contributed by atoms with Gasteiger partial charge in [0.2, 0.25) is 5.88 Å². The van der Waals surface area contributed by atoms with E-state index in [2.05, 4.69) is 14.9 Å². The molecule has 1 aliphatic rings. The Hall–Kier alpha value is -3.29. The molecule has 0 spiro atoms. The van der Waals surface area contributed by atoms with Gasteiger partial charge in [-0.2, -0.15) is 9.78 Å². The van der Waals surface area contributed by atoms with Gasteiger partial charge in [0.1, 0.15) is 17.3 Å². The quantitative estimate of drug-likeness (QED) is 0.473. The molecule has 0 bridgehead atoms. The largest absolute Gasteiger partial charge is 0.472 e. The van der Waals surface area contributed by atoms with E-state index in [1.54, 1.807) is 18.3 Å². The lowest BCUT2D eigenvalue weighted by molar-refractivity contribution is 0.0356. The number of benzene rings is 1. The van der Waals surface area contributed by atoms with Crippen molar-refractivity contribution in [3.63, 3.8) is 0 Å². The Balaban J connectivity index is 1.68. The second-order valence-electron chi connectivity index (χ2n) is 8.17. The van der Waals surface area contributed by atoms with Crippen LogP contribution in [0.15, 0.2) is 53.5 Å². The summed E-state index contributed by atoms with van der Waals surface area (Å²) in [5.74, 6) is 0.468. The van der Waals surface area contributed by atoms with Crippen molar-refractivity contribution >= 4 is 22.5 Å². The molecular weight excluding hydrogens is 426 g/mol. The highest BCUT2D eigenvalue weighted by Gasteiger charge is 2.25. The standard InChI is InChI=1S/C24H22ClN5O2/c1-14-10-20-22(16-4-6-17(25)7-5-16)28-30(24(31)23(20)27-15(14)2)18-8-9-26-21(11-18)32-19-12-29(3)13-19/h4-11,19H,12-13H2,1-3H3. The summed E-state index contributed by atoms with van der Waals surface area (Å²) in [6.07, 6.45) is 1.72. The smallest absolute Gasteiger partial charge is 0.298 e.